The molecule has 0 heterocycles. The van der Waals surface area contributed by atoms with Crippen LogP contribution in [0, 0.1) is 0 Å². The van der Waals surface area contributed by atoms with E-state index < -0.39 is 10.0 Å². The van der Waals surface area contributed by atoms with Gasteiger partial charge in [-0.15, -0.1) is 0 Å². The molecule has 0 atom stereocenters. The first-order valence-electron chi connectivity index (χ1n) is 10.5. The predicted octanol–water partition coefficient (Wildman–Crippen LogP) is 5.88. The minimum Gasteiger partial charge on any atom is -0.508 e. The van der Waals surface area contributed by atoms with Gasteiger partial charge < -0.3 is 14.9 Å². The van der Waals surface area contributed by atoms with E-state index in [4.69, 9.17) is 4.74 Å². The fourth-order valence-corrected chi connectivity index (χ4v) is 5.18. The summed E-state index contributed by atoms with van der Waals surface area (Å²) in [5, 5.41) is 23.7. The van der Waals surface area contributed by atoms with Gasteiger partial charge in [0.25, 0.3) is 10.0 Å². The van der Waals surface area contributed by atoms with E-state index in [0.717, 1.165) is 10.8 Å². The molecular weight excluding hydrogens is 450 g/mol. The Labute approximate surface area is 196 Å². The van der Waals surface area contributed by atoms with E-state index in [1.54, 1.807) is 60.7 Å². The van der Waals surface area contributed by atoms with Crippen molar-refractivity contribution in [3.8, 4) is 28.4 Å². The van der Waals surface area contributed by atoms with Gasteiger partial charge in [0.2, 0.25) is 0 Å². The number of phenols is 2. The fraction of sp³-hybridized carbons (Fsp3) is 0.0370. The summed E-state index contributed by atoms with van der Waals surface area (Å²) in [4.78, 5) is 0.0904. The van der Waals surface area contributed by atoms with Gasteiger partial charge in [0.1, 0.15) is 17.2 Å². The first kappa shape index (κ1) is 21.6. The van der Waals surface area contributed by atoms with Crippen LogP contribution in [-0.4, -0.2) is 25.7 Å². The molecule has 0 unspecified atom stereocenters. The SMILES string of the molecule is COc1ccc(S(=O)(=O)Nc2cc(-c3cccc4cc(O)ccc34)c(O)c3ccccc23)cc1. The first-order chi connectivity index (χ1) is 16.4. The number of sulfonamides is 1. The number of nitrogens with one attached hydrogen (secondary N) is 1. The number of hydrogen-bond acceptors (Lipinski definition) is 5. The number of phenolic OH excluding ortho intramolecular Hbond substituents is 2. The molecule has 0 fully saturated rings. The van der Waals surface area contributed by atoms with Crippen molar-refractivity contribution in [1.29, 1.82) is 0 Å². The Kier molecular flexibility index (Phi) is 5.26. The van der Waals surface area contributed by atoms with Crippen molar-refractivity contribution in [3.63, 3.8) is 0 Å². The molecule has 34 heavy (non-hydrogen) atoms. The number of anilines is 1. The molecule has 5 aromatic rings. The summed E-state index contributed by atoms with van der Waals surface area (Å²) in [5.74, 6) is 0.738. The van der Waals surface area contributed by atoms with Crippen molar-refractivity contribution in [2.24, 2.45) is 0 Å². The van der Waals surface area contributed by atoms with Crippen molar-refractivity contribution in [2.75, 3.05) is 11.8 Å². The third kappa shape index (κ3) is 3.76. The Bertz CT molecular complexity index is 1640. The molecule has 6 nitrogen and oxygen atoms in total. The van der Waals surface area contributed by atoms with Crippen LogP contribution in [0.3, 0.4) is 0 Å². The molecule has 0 amide bonds. The normalized spacial score (nSPS) is 11.6. The summed E-state index contributed by atoms with van der Waals surface area (Å²) in [6, 6.07) is 25.4. The van der Waals surface area contributed by atoms with E-state index in [0.29, 0.717) is 33.3 Å². The summed E-state index contributed by atoms with van der Waals surface area (Å²) < 4.78 is 34.2. The molecule has 0 aliphatic rings. The molecule has 7 heteroatoms. The zero-order valence-corrected chi connectivity index (χ0v) is 19.0. The third-order valence-corrected chi connectivity index (χ3v) is 7.17. The third-order valence-electron chi connectivity index (χ3n) is 5.78. The van der Waals surface area contributed by atoms with Gasteiger partial charge in [-0.05, 0) is 58.8 Å². The molecule has 5 aromatic carbocycles. The lowest BCUT2D eigenvalue weighted by atomic mass is 9.94. The lowest BCUT2D eigenvalue weighted by molar-refractivity contribution is 0.414. The summed E-state index contributed by atoms with van der Waals surface area (Å²) in [5.41, 5.74) is 1.53. The molecule has 0 saturated carbocycles. The number of ether oxygens (including phenoxy) is 1. The van der Waals surface area contributed by atoms with Crippen LogP contribution in [0.15, 0.2) is 95.9 Å². The van der Waals surface area contributed by atoms with Gasteiger partial charge in [-0.3, -0.25) is 4.72 Å². The zero-order chi connectivity index (χ0) is 23.9. The van der Waals surface area contributed by atoms with Crippen molar-refractivity contribution in [1.82, 2.24) is 0 Å². The number of methoxy groups -OCH3 is 1. The van der Waals surface area contributed by atoms with Crippen LogP contribution >= 0.6 is 0 Å². The van der Waals surface area contributed by atoms with Crippen LogP contribution in [0.4, 0.5) is 5.69 Å². The molecule has 3 N–H and O–H groups in total. The number of hydrogen-bond donors (Lipinski definition) is 3. The van der Waals surface area contributed by atoms with Crippen LogP contribution < -0.4 is 9.46 Å². The lowest BCUT2D eigenvalue weighted by Gasteiger charge is -2.16. The fourth-order valence-electron chi connectivity index (χ4n) is 4.11. The summed E-state index contributed by atoms with van der Waals surface area (Å²) >= 11 is 0. The van der Waals surface area contributed by atoms with Gasteiger partial charge in [-0.2, -0.15) is 0 Å². The van der Waals surface area contributed by atoms with Gasteiger partial charge in [0, 0.05) is 16.3 Å². The zero-order valence-electron chi connectivity index (χ0n) is 18.2. The number of fused-ring (bicyclic) bond motifs is 2. The molecule has 5 rings (SSSR count). The summed E-state index contributed by atoms with van der Waals surface area (Å²) in [7, 11) is -2.40. The highest BCUT2D eigenvalue weighted by atomic mass is 32.2. The maximum atomic E-state index is 13.2. The molecule has 0 aromatic heterocycles. The highest BCUT2D eigenvalue weighted by Gasteiger charge is 2.20. The Hall–Kier alpha value is -4.23. The summed E-state index contributed by atoms with van der Waals surface area (Å²) in [6.07, 6.45) is 0. The van der Waals surface area contributed by atoms with E-state index >= 15 is 0 Å². The highest BCUT2D eigenvalue weighted by Crippen LogP contribution is 2.43. The van der Waals surface area contributed by atoms with Crippen molar-refractivity contribution < 1.29 is 23.4 Å². The predicted molar refractivity (Wildman–Crippen MR) is 134 cm³/mol. The van der Waals surface area contributed by atoms with E-state index in [1.807, 2.05) is 18.2 Å². The largest absolute Gasteiger partial charge is 0.508 e. The molecule has 0 aliphatic heterocycles. The second-order valence-corrected chi connectivity index (χ2v) is 9.54. The first-order valence-corrected chi connectivity index (χ1v) is 12.0. The van der Waals surface area contributed by atoms with Gasteiger partial charge in [0.15, 0.2) is 0 Å². The van der Waals surface area contributed by atoms with Crippen LogP contribution in [0.25, 0.3) is 32.7 Å². The quantitative estimate of drug-likeness (QED) is 0.278. The van der Waals surface area contributed by atoms with Gasteiger partial charge in [-0.1, -0.05) is 48.5 Å². The minimum absolute atomic E-state index is 0.0450. The van der Waals surface area contributed by atoms with E-state index in [1.165, 1.54) is 19.2 Å². The molecule has 0 aliphatic carbocycles. The molecular formula is C27H21NO5S. The molecule has 0 bridgehead atoms. The van der Waals surface area contributed by atoms with Crippen LogP contribution in [-0.2, 0) is 10.0 Å². The van der Waals surface area contributed by atoms with Crippen LogP contribution in [0.2, 0.25) is 0 Å². The average molecular weight is 472 g/mol. The van der Waals surface area contributed by atoms with Crippen molar-refractivity contribution in [2.45, 2.75) is 4.90 Å². The Morgan fingerprint density at radius 3 is 2.21 bits per heavy atom. The maximum absolute atomic E-state index is 13.2. The topological polar surface area (TPSA) is 95.9 Å². The van der Waals surface area contributed by atoms with Gasteiger partial charge >= 0.3 is 0 Å². The van der Waals surface area contributed by atoms with E-state index in [9.17, 15) is 18.6 Å². The van der Waals surface area contributed by atoms with E-state index in [-0.39, 0.29) is 16.4 Å². The average Bonchev–Trinajstić information content (AvgIpc) is 2.85. The Morgan fingerprint density at radius 2 is 1.47 bits per heavy atom. The van der Waals surface area contributed by atoms with E-state index in [2.05, 4.69) is 4.72 Å². The molecule has 0 spiro atoms. The molecule has 0 saturated heterocycles. The van der Waals surface area contributed by atoms with Crippen molar-refractivity contribution >= 4 is 37.3 Å². The smallest absolute Gasteiger partial charge is 0.261 e. The monoisotopic (exact) mass is 471 g/mol. The molecule has 0 radical (unpaired) electrons. The highest BCUT2D eigenvalue weighted by molar-refractivity contribution is 7.92. The van der Waals surface area contributed by atoms with Crippen LogP contribution in [0.5, 0.6) is 17.2 Å². The number of aromatic hydroxyl groups is 2. The Balaban J connectivity index is 1.70. The standard InChI is InChI=1S/C27H21NO5S/c1-33-19-10-12-20(13-11-19)34(31,32)28-26-16-25(27(30)24-7-3-2-6-23(24)26)22-8-4-5-17-15-18(29)9-14-21(17)22/h2-16,28-30H,1H3. The second kappa shape index (κ2) is 8.28. The summed E-state index contributed by atoms with van der Waals surface area (Å²) in [6.45, 7) is 0. The van der Waals surface area contributed by atoms with Gasteiger partial charge in [-0.25, -0.2) is 8.42 Å². The number of benzene rings is 5. The van der Waals surface area contributed by atoms with Gasteiger partial charge in [0.05, 0.1) is 17.7 Å². The minimum atomic E-state index is -3.91. The Morgan fingerprint density at radius 1 is 0.735 bits per heavy atom. The van der Waals surface area contributed by atoms with Crippen LogP contribution in [0.1, 0.15) is 0 Å². The number of rotatable bonds is 5. The lowest BCUT2D eigenvalue weighted by Crippen LogP contribution is -2.13. The molecule has 170 valence electrons. The van der Waals surface area contributed by atoms with Crippen molar-refractivity contribution in [3.05, 3.63) is 91.0 Å². The second-order valence-electron chi connectivity index (χ2n) is 7.86. The maximum Gasteiger partial charge on any atom is 0.261 e.